The molecule has 1 rings (SSSR count). The van der Waals surface area contributed by atoms with E-state index in [-0.39, 0.29) is 6.04 Å². The number of nitrogens with zero attached hydrogens (tertiary/aromatic N) is 2. The third kappa shape index (κ3) is 2.83. The van der Waals surface area contributed by atoms with E-state index in [4.69, 9.17) is 11.8 Å². The summed E-state index contributed by atoms with van der Waals surface area (Å²) < 4.78 is 6.06. The Hall–Kier alpha value is -1.29. The van der Waals surface area contributed by atoms with E-state index < -0.39 is 5.97 Å². The summed E-state index contributed by atoms with van der Waals surface area (Å²) in [6.45, 7) is 3.89. The molecular formula is C10H13ClN2O2. The van der Waals surface area contributed by atoms with Crippen LogP contribution >= 0.6 is 11.8 Å². The van der Waals surface area contributed by atoms with Gasteiger partial charge in [0.2, 0.25) is 0 Å². The zero-order chi connectivity index (χ0) is 11.4. The fourth-order valence-corrected chi connectivity index (χ4v) is 1.12. The summed E-state index contributed by atoms with van der Waals surface area (Å²) in [7, 11) is 1.33. The van der Waals surface area contributed by atoms with Crippen molar-refractivity contribution in [3.8, 4) is 0 Å². The van der Waals surface area contributed by atoms with Crippen LogP contribution in [0.15, 0.2) is 18.3 Å². The van der Waals surface area contributed by atoms with E-state index in [0.717, 1.165) is 0 Å². The molecular weight excluding hydrogens is 216 g/mol. The van der Waals surface area contributed by atoms with Crippen molar-refractivity contribution in [1.29, 1.82) is 0 Å². The Morgan fingerprint density at radius 3 is 2.60 bits per heavy atom. The van der Waals surface area contributed by atoms with Gasteiger partial charge in [-0.15, -0.1) is 0 Å². The molecule has 0 radical (unpaired) electrons. The van der Waals surface area contributed by atoms with Crippen LogP contribution in [-0.2, 0) is 4.74 Å². The predicted octanol–water partition coefficient (Wildman–Crippen LogP) is 2.24. The van der Waals surface area contributed by atoms with Crippen LogP contribution in [0, 0.1) is 0 Å². The summed E-state index contributed by atoms with van der Waals surface area (Å²) in [5, 5.41) is 0. The highest BCUT2D eigenvalue weighted by Crippen LogP contribution is 2.16. The SMILES string of the molecule is COC(=O)c1ccc(N(Cl)C(C)C)nc1. The van der Waals surface area contributed by atoms with Gasteiger partial charge >= 0.3 is 5.97 Å². The molecule has 0 N–H and O–H groups in total. The molecule has 15 heavy (non-hydrogen) atoms. The third-order valence-electron chi connectivity index (χ3n) is 1.84. The molecule has 1 aromatic heterocycles. The van der Waals surface area contributed by atoms with Gasteiger partial charge in [0, 0.05) is 24.0 Å². The van der Waals surface area contributed by atoms with Gasteiger partial charge in [0.25, 0.3) is 0 Å². The number of ether oxygens (including phenoxy) is 1. The van der Waals surface area contributed by atoms with Crippen LogP contribution in [-0.4, -0.2) is 24.1 Å². The van der Waals surface area contributed by atoms with Crippen molar-refractivity contribution in [2.75, 3.05) is 11.5 Å². The molecule has 0 saturated heterocycles. The van der Waals surface area contributed by atoms with Crippen molar-refractivity contribution >= 4 is 23.6 Å². The lowest BCUT2D eigenvalue weighted by atomic mass is 10.3. The number of carbonyl (C=O) groups excluding carboxylic acids is 1. The normalized spacial score (nSPS) is 10.2. The van der Waals surface area contributed by atoms with Crippen molar-refractivity contribution in [2.24, 2.45) is 0 Å². The molecule has 0 aliphatic rings. The maximum atomic E-state index is 11.1. The van der Waals surface area contributed by atoms with Crippen LogP contribution in [0.5, 0.6) is 0 Å². The first-order valence-corrected chi connectivity index (χ1v) is 4.89. The minimum Gasteiger partial charge on any atom is -0.465 e. The number of carbonyl (C=O) groups is 1. The van der Waals surface area contributed by atoms with Gasteiger partial charge < -0.3 is 4.74 Å². The van der Waals surface area contributed by atoms with E-state index in [0.29, 0.717) is 11.4 Å². The van der Waals surface area contributed by atoms with Crippen molar-refractivity contribution < 1.29 is 9.53 Å². The lowest BCUT2D eigenvalue weighted by molar-refractivity contribution is 0.0600. The van der Waals surface area contributed by atoms with Gasteiger partial charge in [-0.3, -0.25) is 4.42 Å². The van der Waals surface area contributed by atoms with E-state index >= 15 is 0 Å². The number of aromatic nitrogens is 1. The molecule has 0 bridgehead atoms. The molecule has 0 saturated carbocycles. The Morgan fingerprint density at radius 1 is 1.53 bits per heavy atom. The zero-order valence-corrected chi connectivity index (χ0v) is 9.65. The Bertz CT molecular complexity index is 338. The van der Waals surface area contributed by atoms with Crippen molar-refractivity contribution in [3.63, 3.8) is 0 Å². The number of halogens is 1. The zero-order valence-electron chi connectivity index (χ0n) is 8.90. The van der Waals surface area contributed by atoms with Gasteiger partial charge in [0.05, 0.1) is 12.7 Å². The number of esters is 1. The molecule has 1 aromatic rings. The molecule has 0 unspecified atom stereocenters. The summed E-state index contributed by atoms with van der Waals surface area (Å²) in [5.41, 5.74) is 0.412. The first kappa shape index (κ1) is 11.8. The fraction of sp³-hybridized carbons (Fsp3) is 0.400. The number of hydrogen-bond acceptors (Lipinski definition) is 4. The summed E-state index contributed by atoms with van der Waals surface area (Å²) in [4.78, 5) is 15.2. The van der Waals surface area contributed by atoms with Crippen molar-refractivity contribution in [3.05, 3.63) is 23.9 Å². The summed E-state index contributed by atoms with van der Waals surface area (Å²) in [5.74, 6) is 0.207. The van der Waals surface area contributed by atoms with Crippen LogP contribution in [0.4, 0.5) is 5.82 Å². The van der Waals surface area contributed by atoms with E-state index in [1.54, 1.807) is 12.1 Å². The number of pyridine rings is 1. The van der Waals surface area contributed by atoms with E-state index in [9.17, 15) is 4.79 Å². The van der Waals surface area contributed by atoms with Gasteiger partial charge in [-0.1, -0.05) is 0 Å². The Balaban J connectivity index is 2.85. The lowest BCUT2D eigenvalue weighted by Crippen LogP contribution is -2.20. The van der Waals surface area contributed by atoms with Crippen LogP contribution in [0.3, 0.4) is 0 Å². The quantitative estimate of drug-likeness (QED) is 0.588. The molecule has 5 heteroatoms. The second kappa shape index (κ2) is 4.98. The minimum atomic E-state index is -0.403. The van der Waals surface area contributed by atoms with Crippen LogP contribution < -0.4 is 4.42 Å². The molecule has 0 fully saturated rings. The van der Waals surface area contributed by atoms with Gasteiger partial charge in [0.1, 0.15) is 5.82 Å². The Morgan fingerprint density at radius 2 is 2.20 bits per heavy atom. The molecule has 0 aliphatic carbocycles. The Kier molecular flexibility index (Phi) is 3.91. The molecule has 0 atom stereocenters. The van der Waals surface area contributed by atoms with Crippen LogP contribution in [0.2, 0.25) is 0 Å². The number of anilines is 1. The molecule has 0 amide bonds. The standard InChI is InChI=1S/C10H13ClN2O2/c1-7(2)13(11)9-5-4-8(6-12-9)10(14)15-3/h4-7H,1-3H3. The maximum Gasteiger partial charge on any atom is 0.339 e. The number of rotatable bonds is 3. The van der Waals surface area contributed by atoms with Gasteiger partial charge in [-0.25, -0.2) is 9.78 Å². The molecule has 1 heterocycles. The first-order chi connectivity index (χ1) is 7.06. The van der Waals surface area contributed by atoms with E-state index in [1.807, 2.05) is 13.8 Å². The molecule has 0 aromatic carbocycles. The summed E-state index contributed by atoms with van der Waals surface area (Å²) in [6.07, 6.45) is 1.44. The minimum absolute atomic E-state index is 0.142. The number of hydrogen-bond donors (Lipinski definition) is 0. The summed E-state index contributed by atoms with van der Waals surface area (Å²) >= 11 is 5.96. The largest absolute Gasteiger partial charge is 0.465 e. The smallest absolute Gasteiger partial charge is 0.339 e. The fourth-order valence-electron chi connectivity index (χ4n) is 1.02. The van der Waals surface area contributed by atoms with E-state index in [1.165, 1.54) is 17.7 Å². The average molecular weight is 229 g/mol. The van der Waals surface area contributed by atoms with Crippen LogP contribution in [0.25, 0.3) is 0 Å². The molecule has 0 aliphatic heterocycles. The van der Waals surface area contributed by atoms with Gasteiger partial charge in [-0.2, -0.15) is 0 Å². The lowest BCUT2D eigenvalue weighted by Gasteiger charge is -2.18. The monoisotopic (exact) mass is 228 g/mol. The highest BCUT2D eigenvalue weighted by molar-refractivity contribution is 6.25. The highest BCUT2D eigenvalue weighted by atomic mass is 35.5. The van der Waals surface area contributed by atoms with Crippen molar-refractivity contribution in [2.45, 2.75) is 19.9 Å². The van der Waals surface area contributed by atoms with Gasteiger partial charge in [0.15, 0.2) is 0 Å². The first-order valence-electron chi connectivity index (χ1n) is 4.55. The maximum absolute atomic E-state index is 11.1. The number of methoxy groups -OCH3 is 1. The topological polar surface area (TPSA) is 42.4 Å². The predicted molar refractivity (Wildman–Crippen MR) is 59.0 cm³/mol. The molecule has 0 spiro atoms. The second-order valence-electron chi connectivity index (χ2n) is 3.30. The van der Waals surface area contributed by atoms with E-state index in [2.05, 4.69) is 9.72 Å². The second-order valence-corrected chi connectivity index (χ2v) is 3.67. The molecule has 4 nitrogen and oxygen atoms in total. The average Bonchev–Trinajstić information content (AvgIpc) is 2.27. The third-order valence-corrected chi connectivity index (χ3v) is 2.40. The molecule has 82 valence electrons. The highest BCUT2D eigenvalue weighted by Gasteiger charge is 2.10. The summed E-state index contributed by atoms with van der Waals surface area (Å²) in [6, 6.07) is 3.45. The van der Waals surface area contributed by atoms with Crippen molar-refractivity contribution in [1.82, 2.24) is 4.98 Å². The van der Waals surface area contributed by atoms with Gasteiger partial charge in [-0.05, 0) is 26.0 Å². The van der Waals surface area contributed by atoms with Crippen LogP contribution in [0.1, 0.15) is 24.2 Å². The Labute approximate surface area is 93.9 Å².